The Morgan fingerprint density at radius 1 is 1.15 bits per heavy atom. The molecule has 0 bridgehead atoms. The van der Waals surface area contributed by atoms with Crippen LogP contribution < -0.4 is 9.80 Å². The second-order valence-electron chi connectivity index (χ2n) is 7.31. The second-order valence-corrected chi connectivity index (χ2v) is 7.31. The summed E-state index contributed by atoms with van der Waals surface area (Å²) in [5.74, 6) is 0.807. The summed E-state index contributed by atoms with van der Waals surface area (Å²) >= 11 is 0. The largest absolute Gasteiger partial charge is 0.370 e. The van der Waals surface area contributed by atoms with Gasteiger partial charge in [0, 0.05) is 36.2 Å². The van der Waals surface area contributed by atoms with Gasteiger partial charge in [0.1, 0.15) is 11.6 Å². The smallest absolute Gasteiger partial charge is 0.128 e. The summed E-state index contributed by atoms with van der Waals surface area (Å²) in [4.78, 5) is 12.8. The van der Waals surface area contributed by atoms with Crippen LogP contribution in [0.1, 0.15) is 37.9 Å². The molecule has 0 amide bonds. The minimum absolute atomic E-state index is 0.195. The van der Waals surface area contributed by atoms with Crippen molar-refractivity contribution in [2.75, 3.05) is 29.4 Å². The molecule has 1 aliphatic heterocycles. The Labute approximate surface area is 160 Å². The number of aromatic nitrogens is 2. The van der Waals surface area contributed by atoms with Gasteiger partial charge >= 0.3 is 0 Å². The molecule has 0 fully saturated rings. The van der Waals surface area contributed by atoms with E-state index in [0.717, 1.165) is 62.2 Å². The summed E-state index contributed by atoms with van der Waals surface area (Å²) in [7, 11) is 0. The Hall–Kier alpha value is -2.56. The van der Waals surface area contributed by atoms with Crippen molar-refractivity contribution in [2.24, 2.45) is 0 Å². The molecule has 0 unspecified atom stereocenters. The molecule has 0 radical (unpaired) electrons. The summed E-state index contributed by atoms with van der Waals surface area (Å²) in [5.41, 5.74) is 4.57. The van der Waals surface area contributed by atoms with Gasteiger partial charge < -0.3 is 14.8 Å². The molecule has 0 aliphatic carbocycles. The predicted octanol–water partition coefficient (Wildman–Crippen LogP) is 4.89. The van der Waals surface area contributed by atoms with Crippen molar-refractivity contribution in [3.8, 4) is 0 Å². The fraction of sp³-hybridized carbons (Fsp3) is 0.409. The number of pyridine rings is 1. The first kappa shape index (κ1) is 17.8. The highest BCUT2D eigenvalue weighted by molar-refractivity contribution is 5.85. The monoisotopic (exact) mass is 366 g/mol. The number of halogens is 1. The highest BCUT2D eigenvalue weighted by Gasteiger charge is 2.21. The number of hydrogen-bond donors (Lipinski definition) is 1. The van der Waals surface area contributed by atoms with Gasteiger partial charge in [-0.1, -0.05) is 13.8 Å². The summed E-state index contributed by atoms with van der Waals surface area (Å²) < 4.78 is 13.5. The molecular formula is C22H27FN4. The van der Waals surface area contributed by atoms with Crippen LogP contribution in [-0.4, -0.2) is 29.6 Å². The maximum absolute atomic E-state index is 13.5. The van der Waals surface area contributed by atoms with Gasteiger partial charge in [0.2, 0.25) is 0 Å². The molecule has 1 aliphatic rings. The third kappa shape index (κ3) is 3.51. The van der Waals surface area contributed by atoms with Gasteiger partial charge in [-0.2, -0.15) is 0 Å². The van der Waals surface area contributed by atoms with Crippen LogP contribution in [0.25, 0.3) is 10.9 Å². The summed E-state index contributed by atoms with van der Waals surface area (Å²) in [6.07, 6.45) is 5.22. The molecule has 0 saturated heterocycles. The van der Waals surface area contributed by atoms with Crippen molar-refractivity contribution in [3.63, 3.8) is 0 Å². The Bertz CT molecular complexity index is 910. The van der Waals surface area contributed by atoms with Crippen molar-refractivity contribution < 1.29 is 4.39 Å². The molecule has 2 aromatic heterocycles. The molecule has 0 saturated carbocycles. The lowest BCUT2D eigenvalue weighted by molar-refractivity contribution is 0.629. The number of nitrogens with zero attached hydrogens (tertiary/aromatic N) is 3. The van der Waals surface area contributed by atoms with E-state index in [1.165, 1.54) is 16.9 Å². The zero-order valence-electron chi connectivity index (χ0n) is 16.1. The average Bonchev–Trinajstić information content (AvgIpc) is 3.04. The zero-order valence-corrected chi connectivity index (χ0v) is 16.1. The zero-order chi connectivity index (χ0) is 18.8. The first-order valence-electron chi connectivity index (χ1n) is 9.94. The van der Waals surface area contributed by atoms with E-state index in [9.17, 15) is 4.39 Å². The third-order valence-corrected chi connectivity index (χ3v) is 5.35. The first-order chi connectivity index (χ1) is 13.2. The molecule has 1 N–H and O–H groups in total. The Morgan fingerprint density at radius 3 is 2.67 bits per heavy atom. The van der Waals surface area contributed by atoms with Crippen LogP contribution in [0.2, 0.25) is 0 Å². The lowest BCUT2D eigenvalue weighted by atomic mass is 10.0. The number of benzene rings is 1. The molecule has 4 rings (SSSR count). The van der Waals surface area contributed by atoms with E-state index in [0.29, 0.717) is 0 Å². The molecule has 4 nitrogen and oxygen atoms in total. The molecule has 3 heterocycles. The van der Waals surface area contributed by atoms with E-state index >= 15 is 0 Å². The minimum Gasteiger partial charge on any atom is -0.370 e. The Kier molecular flexibility index (Phi) is 5.01. The van der Waals surface area contributed by atoms with Crippen LogP contribution in [0.3, 0.4) is 0 Å². The quantitative estimate of drug-likeness (QED) is 0.674. The van der Waals surface area contributed by atoms with Gasteiger partial charge in [0.05, 0.1) is 18.4 Å². The summed E-state index contributed by atoms with van der Waals surface area (Å²) in [6, 6.07) is 9.33. The van der Waals surface area contributed by atoms with Crippen molar-refractivity contribution >= 4 is 22.4 Å². The normalized spacial score (nSPS) is 13.8. The van der Waals surface area contributed by atoms with Gasteiger partial charge in [-0.25, -0.2) is 9.37 Å². The van der Waals surface area contributed by atoms with E-state index in [4.69, 9.17) is 4.98 Å². The Balaban J connectivity index is 1.54. The Morgan fingerprint density at radius 2 is 1.96 bits per heavy atom. The molecule has 5 heteroatoms. The number of H-pyrrole nitrogens is 1. The van der Waals surface area contributed by atoms with Crippen LogP contribution in [0.4, 0.5) is 15.9 Å². The van der Waals surface area contributed by atoms with Crippen molar-refractivity contribution in [1.82, 2.24) is 9.97 Å². The van der Waals surface area contributed by atoms with E-state index in [2.05, 4.69) is 40.8 Å². The second kappa shape index (κ2) is 7.59. The van der Waals surface area contributed by atoms with E-state index in [1.807, 2.05) is 12.3 Å². The fourth-order valence-electron chi connectivity index (χ4n) is 4.08. The van der Waals surface area contributed by atoms with Crippen molar-refractivity contribution in [3.05, 3.63) is 53.6 Å². The number of fused-ring (bicyclic) bond motifs is 3. The lowest BCUT2D eigenvalue weighted by Crippen LogP contribution is -2.31. The molecule has 3 aromatic rings. The van der Waals surface area contributed by atoms with Gasteiger partial charge in [0.25, 0.3) is 0 Å². The number of hydrogen-bond acceptors (Lipinski definition) is 3. The number of nitrogens with one attached hydrogen (secondary N) is 1. The van der Waals surface area contributed by atoms with Crippen LogP contribution in [0.5, 0.6) is 0 Å². The molecule has 142 valence electrons. The third-order valence-electron chi connectivity index (χ3n) is 5.35. The van der Waals surface area contributed by atoms with E-state index in [-0.39, 0.29) is 5.82 Å². The standard InChI is InChI=1S/C22H27FN4/c1-3-10-26(11-4-2)17-6-8-22(24-14-17)27-12-9-19-18-7-5-16(23)13-20(18)25-21(19)15-27/h5-8,13-14,25H,3-4,9-12,15H2,1-2H3. The summed E-state index contributed by atoms with van der Waals surface area (Å²) in [6.45, 7) is 8.26. The SMILES string of the molecule is CCCN(CCC)c1ccc(N2CCc3c([nH]c4cc(F)ccc34)C2)nc1. The minimum atomic E-state index is -0.195. The van der Waals surface area contributed by atoms with E-state index < -0.39 is 0 Å². The van der Waals surface area contributed by atoms with Crippen molar-refractivity contribution in [2.45, 2.75) is 39.7 Å². The lowest BCUT2D eigenvalue weighted by Gasteiger charge is -2.29. The number of anilines is 2. The predicted molar refractivity (Wildman–Crippen MR) is 110 cm³/mol. The molecule has 0 atom stereocenters. The first-order valence-corrected chi connectivity index (χ1v) is 9.94. The topological polar surface area (TPSA) is 35.2 Å². The summed E-state index contributed by atoms with van der Waals surface area (Å²) in [5, 5.41) is 1.14. The maximum Gasteiger partial charge on any atom is 0.128 e. The number of rotatable bonds is 6. The van der Waals surface area contributed by atoms with Crippen molar-refractivity contribution in [1.29, 1.82) is 0 Å². The van der Waals surface area contributed by atoms with Gasteiger partial charge in [0.15, 0.2) is 0 Å². The number of aromatic amines is 1. The van der Waals surface area contributed by atoms with Crippen LogP contribution in [0.15, 0.2) is 36.5 Å². The highest BCUT2D eigenvalue weighted by atomic mass is 19.1. The maximum atomic E-state index is 13.5. The van der Waals surface area contributed by atoms with E-state index in [1.54, 1.807) is 12.1 Å². The van der Waals surface area contributed by atoms with Crippen LogP contribution >= 0.6 is 0 Å². The van der Waals surface area contributed by atoms with Crippen LogP contribution in [0, 0.1) is 5.82 Å². The molecular weight excluding hydrogens is 339 g/mol. The van der Waals surface area contributed by atoms with Crippen LogP contribution in [-0.2, 0) is 13.0 Å². The van der Waals surface area contributed by atoms with Gasteiger partial charge in [-0.3, -0.25) is 0 Å². The molecule has 0 spiro atoms. The van der Waals surface area contributed by atoms with Gasteiger partial charge in [-0.15, -0.1) is 0 Å². The highest BCUT2D eigenvalue weighted by Crippen LogP contribution is 2.30. The molecule has 1 aromatic carbocycles. The molecule has 27 heavy (non-hydrogen) atoms. The average molecular weight is 366 g/mol. The fourth-order valence-corrected chi connectivity index (χ4v) is 4.08. The van der Waals surface area contributed by atoms with Gasteiger partial charge in [-0.05, 0) is 55.2 Å².